The van der Waals surface area contributed by atoms with E-state index < -0.39 is 0 Å². The summed E-state index contributed by atoms with van der Waals surface area (Å²) in [5.41, 5.74) is 1.16. The number of rotatable bonds is 6. The summed E-state index contributed by atoms with van der Waals surface area (Å²) in [6.07, 6.45) is 5.75. The lowest BCUT2D eigenvalue weighted by atomic mass is 10.2. The second-order valence-corrected chi connectivity index (χ2v) is 5.88. The van der Waals surface area contributed by atoms with Crippen LogP contribution >= 0.6 is 0 Å². The first-order chi connectivity index (χ1) is 11.8. The number of anilines is 1. The monoisotopic (exact) mass is 327 g/mol. The van der Waals surface area contributed by atoms with Gasteiger partial charge in [0.2, 0.25) is 11.8 Å². The number of ether oxygens (including phenoxy) is 1. The molecule has 3 rings (SSSR count). The smallest absolute Gasteiger partial charge is 0.228 e. The van der Waals surface area contributed by atoms with E-state index in [0.717, 1.165) is 57.2 Å². The van der Waals surface area contributed by atoms with Gasteiger partial charge in [-0.3, -0.25) is 4.98 Å². The fourth-order valence-electron chi connectivity index (χ4n) is 2.93. The maximum absolute atomic E-state index is 5.48. The number of nitrogens with zero attached hydrogens (tertiary/aromatic N) is 5. The van der Waals surface area contributed by atoms with Crippen molar-refractivity contribution < 1.29 is 4.74 Å². The predicted molar refractivity (Wildman–Crippen MR) is 94.4 cm³/mol. The molecule has 1 fully saturated rings. The highest BCUT2D eigenvalue weighted by molar-refractivity contribution is 5.32. The van der Waals surface area contributed by atoms with E-state index in [0.29, 0.717) is 12.5 Å². The Hall–Kier alpha value is -2.21. The molecule has 1 aliphatic heterocycles. The maximum Gasteiger partial charge on any atom is 0.228 e. The molecule has 1 saturated heterocycles. The van der Waals surface area contributed by atoms with Crippen molar-refractivity contribution in [1.29, 1.82) is 0 Å². The predicted octanol–water partition coefficient (Wildman–Crippen LogP) is 2.03. The minimum Gasteiger partial charge on any atom is -0.478 e. The Balaban J connectivity index is 1.54. The summed E-state index contributed by atoms with van der Waals surface area (Å²) < 4.78 is 5.48. The lowest BCUT2D eigenvalue weighted by molar-refractivity contribution is 0.296. The molecular formula is C18H25N5O. The van der Waals surface area contributed by atoms with E-state index in [4.69, 9.17) is 4.74 Å². The van der Waals surface area contributed by atoms with Gasteiger partial charge in [-0.05, 0) is 32.0 Å². The van der Waals surface area contributed by atoms with E-state index in [2.05, 4.69) is 36.9 Å². The summed E-state index contributed by atoms with van der Waals surface area (Å²) >= 11 is 0. The van der Waals surface area contributed by atoms with Gasteiger partial charge in [-0.15, -0.1) is 0 Å². The molecule has 2 aromatic rings. The van der Waals surface area contributed by atoms with Gasteiger partial charge in [0.1, 0.15) is 0 Å². The van der Waals surface area contributed by atoms with E-state index in [1.807, 2.05) is 25.3 Å². The van der Waals surface area contributed by atoms with E-state index in [1.54, 1.807) is 6.20 Å². The van der Waals surface area contributed by atoms with Crippen molar-refractivity contribution in [2.45, 2.75) is 19.8 Å². The summed E-state index contributed by atoms with van der Waals surface area (Å²) in [5, 5.41) is 0. The lowest BCUT2D eigenvalue weighted by Gasteiger charge is -2.22. The summed E-state index contributed by atoms with van der Waals surface area (Å²) in [6.45, 7) is 7.69. The van der Waals surface area contributed by atoms with Crippen LogP contribution in [0.3, 0.4) is 0 Å². The molecule has 0 spiro atoms. The largest absolute Gasteiger partial charge is 0.478 e. The molecule has 0 aliphatic carbocycles. The van der Waals surface area contributed by atoms with Gasteiger partial charge in [0.25, 0.3) is 0 Å². The lowest BCUT2D eigenvalue weighted by Crippen LogP contribution is -2.32. The van der Waals surface area contributed by atoms with Crippen molar-refractivity contribution in [3.8, 4) is 5.88 Å². The molecule has 0 amide bonds. The molecule has 0 radical (unpaired) electrons. The molecule has 2 aromatic heterocycles. The van der Waals surface area contributed by atoms with Gasteiger partial charge in [0.05, 0.1) is 6.61 Å². The fourth-order valence-corrected chi connectivity index (χ4v) is 2.93. The van der Waals surface area contributed by atoms with Gasteiger partial charge in [-0.25, -0.2) is 4.98 Å². The minimum atomic E-state index is 0.623. The Kier molecular flexibility index (Phi) is 5.96. The molecule has 0 aromatic carbocycles. The first-order valence-electron chi connectivity index (χ1n) is 8.68. The molecule has 3 heterocycles. The summed E-state index contributed by atoms with van der Waals surface area (Å²) in [6, 6.07) is 7.92. The molecule has 0 unspecified atom stereocenters. The Bertz CT molecular complexity index is 622. The Morgan fingerprint density at radius 1 is 1.04 bits per heavy atom. The number of hydrogen-bond acceptors (Lipinski definition) is 6. The van der Waals surface area contributed by atoms with Crippen molar-refractivity contribution in [1.82, 2.24) is 19.9 Å². The minimum absolute atomic E-state index is 0.623. The van der Waals surface area contributed by atoms with Crippen molar-refractivity contribution in [2.75, 3.05) is 44.2 Å². The summed E-state index contributed by atoms with van der Waals surface area (Å²) in [4.78, 5) is 18.1. The van der Waals surface area contributed by atoms with Crippen LogP contribution < -0.4 is 9.64 Å². The molecule has 6 heteroatoms. The standard InChI is InChI=1S/C18H25N5O/c1-2-24-17-7-10-20-18(21-17)23-12-5-11-22(14-15-23)13-8-16-6-3-4-9-19-16/h3-4,6-7,9-10H,2,5,8,11-15H2,1H3. The zero-order chi connectivity index (χ0) is 16.6. The normalized spacial score (nSPS) is 16.0. The third kappa shape index (κ3) is 4.64. The average Bonchev–Trinajstić information content (AvgIpc) is 2.87. The van der Waals surface area contributed by atoms with Gasteiger partial charge >= 0.3 is 0 Å². The van der Waals surface area contributed by atoms with Crippen LogP contribution in [0.5, 0.6) is 5.88 Å². The number of aromatic nitrogens is 3. The fraction of sp³-hybridized carbons (Fsp3) is 0.500. The average molecular weight is 327 g/mol. The third-order valence-corrected chi connectivity index (χ3v) is 4.19. The Morgan fingerprint density at radius 2 is 2.00 bits per heavy atom. The molecule has 128 valence electrons. The second-order valence-electron chi connectivity index (χ2n) is 5.88. The van der Waals surface area contributed by atoms with Crippen LogP contribution in [0.1, 0.15) is 19.0 Å². The van der Waals surface area contributed by atoms with E-state index >= 15 is 0 Å². The van der Waals surface area contributed by atoms with Crippen LogP contribution in [0.15, 0.2) is 36.7 Å². The first kappa shape index (κ1) is 16.6. The van der Waals surface area contributed by atoms with Crippen molar-refractivity contribution in [3.05, 3.63) is 42.4 Å². The molecule has 0 atom stereocenters. The highest BCUT2D eigenvalue weighted by atomic mass is 16.5. The quantitative estimate of drug-likeness (QED) is 0.809. The second kappa shape index (κ2) is 8.59. The van der Waals surface area contributed by atoms with Crippen molar-refractivity contribution in [2.24, 2.45) is 0 Å². The van der Waals surface area contributed by atoms with E-state index in [1.165, 1.54) is 0 Å². The molecule has 6 nitrogen and oxygen atoms in total. The maximum atomic E-state index is 5.48. The number of pyridine rings is 1. The van der Waals surface area contributed by atoms with Crippen LogP contribution in [0.4, 0.5) is 5.95 Å². The third-order valence-electron chi connectivity index (χ3n) is 4.19. The highest BCUT2D eigenvalue weighted by Crippen LogP contribution is 2.15. The topological polar surface area (TPSA) is 54.4 Å². The summed E-state index contributed by atoms with van der Waals surface area (Å²) in [7, 11) is 0. The van der Waals surface area contributed by atoms with Gasteiger partial charge in [0, 0.05) is 56.8 Å². The molecule has 1 aliphatic rings. The van der Waals surface area contributed by atoms with Gasteiger partial charge in [-0.1, -0.05) is 6.07 Å². The van der Waals surface area contributed by atoms with Gasteiger partial charge in [-0.2, -0.15) is 4.98 Å². The highest BCUT2D eigenvalue weighted by Gasteiger charge is 2.17. The van der Waals surface area contributed by atoms with Crippen LogP contribution in [-0.2, 0) is 6.42 Å². The van der Waals surface area contributed by atoms with Crippen molar-refractivity contribution in [3.63, 3.8) is 0 Å². The zero-order valence-electron chi connectivity index (χ0n) is 14.3. The van der Waals surface area contributed by atoms with E-state index in [-0.39, 0.29) is 0 Å². The van der Waals surface area contributed by atoms with E-state index in [9.17, 15) is 0 Å². The SMILES string of the molecule is CCOc1ccnc(N2CCCN(CCc3ccccn3)CC2)n1. The van der Waals surface area contributed by atoms with Crippen LogP contribution in [-0.4, -0.2) is 59.2 Å². The molecule has 24 heavy (non-hydrogen) atoms. The summed E-state index contributed by atoms with van der Waals surface area (Å²) in [5.74, 6) is 1.42. The van der Waals surface area contributed by atoms with Crippen LogP contribution in [0, 0.1) is 0 Å². The Morgan fingerprint density at radius 3 is 2.83 bits per heavy atom. The molecule has 0 bridgehead atoms. The Labute approximate surface area is 143 Å². The molecule has 0 N–H and O–H groups in total. The van der Waals surface area contributed by atoms with Gasteiger partial charge < -0.3 is 14.5 Å². The zero-order valence-corrected chi connectivity index (χ0v) is 14.3. The van der Waals surface area contributed by atoms with Gasteiger partial charge in [0.15, 0.2) is 0 Å². The first-order valence-corrected chi connectivity index (χ1v) is 8.68. The molecule has 0 saturated carbocycles. The molecular weight excluding hydrogens is 302 g/mol. The number of hydrogen-bond donors (Lipinski definition) is 0. The van der Waals surface area contributed by atoms with Crippen LogP contribution in [0.25, 0.3) is 0 Å². The van der Waals surface area contributed by atoms with Crippen molar-refractivity contribution >= 4 is 5.95 Å². The van der Waals surface area contributed by atoms with Crippen LogP contribution in [0.2, 0.25) is 0 Å².